The van der Waals surface area contributed by atoms with Crippen molar-refractivity contribution in [2.75, 3.05) is 19.9 Å². The van der Waals surface area contributed by atoms with Gasteiger partial charge in [0.1, 0.15) is 12.3 Å². The van der Waals surface area contributed by atoms with E-state index in [0.29, 0.717) is 25.0 Å². The predicted octanol–water partition coefficient (Wildman–Crippen LogP) is 4.47. The molecule has 3 rings (SSSR count). The molecule has 2 atom stereocenters. The molecule has 1 aliphatic heterocycles. The summed E-state index contributed by atoms with van der Waals surface area (Å²) >= 11 is 0. The van der Waals surface area contributed by atoms with Crippen LogP contribution in [-0.2, 0) is 9.47 Å². The smallest absolute Gasteiger partial charge is 0.160 e. The molecule has 0 aromatic rings. The first-order valence-corrected chi connectivity index (χ1v) is 9.15. The summed E-state index contributed by atoms with van der Waals surface area (Å²) in [4.78, 5) is 0. The van der Waals surface area contributed by atoms with Gasteiger partial charge in [0.2, 0.25) is 0 Å². The van der Waals surface area contributed by atoms with Gasteiger partial charge in [0, 0.05) is 17.8 Å². The molecular formula is C18H29F3O2. The van der Waals surface area contributed by atoms with Crippen molar-refractivity contribution >= 4 is 0 Å². The quantitative estimate of drug-likeness (QED) is 0.758. The van der Waals surface area contributed by atoms with Gasteiger partial charge in [0.05, 0.1) is 19.9 Å². The monoisotopic (exact) mass is 334 g/mol. The summed E-state index contributed by atoms with van der Waals surface area (Å²) in [6.45, 7) is 2.62. The van der Waals surface area contributed by atoms with Gasteiger partial charge < -0.3 is 9.47 Å². The van der Waals surface area contributed by atoms with Crippen LogP contribution in [0.2, 0.25) is 0 Å². The van der Waals surface area contributed by atoms with E-state index in [0.717, 1.165) is 5.92 Å². The molecule has 134 valence electrons. The second kappa shape index (κ2) is 7.73. The first kappa shape index (κ1) is 17.5. The van der Waals surface area contributed by atoms with Crippen LogP contribution in [0.15, 0.2) is 0 Å². The highest BCUT2D eigenvalue weighted by molar-refractivity contribution is 4.89. The van der Waals surface area contributed by atoms with Crippen molar-refractivity contribution in [3.8, 4) is 0 Å². The average molecular weight is 334 g/mol. The molecule has 2 unspecified atom stereocenters. The number of alkyl halides is 3. The molecule has 2 nitrogen and oxygen atoms in total. The van der Waals surface area contributed by atoms with Crippen molar-refractivity contribution in [3.63, 3.8) is 0 Å². The molecule has 0 N–H and O–H groups in total. The van der Waals surface area contributed by atoms with Crippen LogP contribution < -0.4 is 0 Å². The molecule has 23 heavy (non-hydrogen) atoms. The minimum absolute atomic E-state index is 0.144. The topological polar surface area (TPSA) is 18.5 Å². The Labute approximate surface area is 137 Å². The number of rotatable bonds is 3. The third kappa shape index (κ3) is 4.04. The SMILES string of the molecule is CC1CCC(C2COC(C3CC(F)C(CF)C(F)C3)OC2)CC1. The fourth-order valence-corrected chi connectivity index (χ4v) is 4.50. The zero-order valence-corrected chi connectivity index (χ0v) is 13.9. The van der Waals surface area contributed by atoms with Gasteiger partial charge in [-0.2, -0.15) is 0 Å². The van der Waals surface area contributed by atoms with Gasteiger partial charge in [-0.25, -0.2) is 8.78 Å². The summed E-state index contributed by atoms with van der Waals surface area (Å²) < 4.78 is 52.2. The Morgan fingerprint density at radius 3 is 1.91 bits per heavy atom. The maximum absolute atomic E-state index is 13.9. The predicted molar refractivity (Wildman–Crippen MR) is 82.3 cm³/mol. The molecule has 0 aromatic heterocycles. The van der Waals surface area contributed by atoms with E-state index in [1.54, 1.807) is 0 Å². The molecule has 3 aliphatic rings. The van der Waals surface area contributed by atoms with Crippen LogP contribution in [0.25, 0.3) is 0 Å². The maximum atomic E-state index is 13.9. The molecule has 3 fully saturated rings. The number of ether oxygens (including phenoxy) is 2. The van der Waals surface area contributed by atoms with Crippen molar-refractivity contribution in [1.29, 1.82) is 0 Å². The lowest BCUT2D eigenvalue weighted by molar-refractivity contribution is -0.243. The van der Waals surface area contributed by atoms with E-state index in [-0.39, 0.29) is 18.8 Å². The van der Waals surface area contributed by atoms with Gasteiger partial charge >= 0.3 is 0 Å². The van der Waals surface area contributed by atoms with Crippen LogP contribution in [-0.4, -0.2) is 38.5 Å². The van der Waals surface area contributed by atoms with Gasteiger partial charge in [0.25, 0.3) is 0 Å². The van der Waals surface area contributed by atoms with Gasteiger partial charge in [-0.15, -0.1) is 0 Å². The number of hydrogen-bond donors (Lipinski definition) is 0. The van der Waals surface area contributed by atoms with Gasteiger partial charge in [0.15, 0.2) is 6.29 Å². The Kier molecular flexibility index (Phi) is 5.89. The van der Waals surface area contributed by atoms with Crippen LogP contribution in [0.4, 0.5) is 13.2 Å². The molecule has 0 radical (unpaired) electrons. The van der Waals surface area contributed by atoms with E-state index in [1.165, 1.54) is 25.7 Å². The van der Waals surface area contributed by atoms with Crippen molar-refractivity contribution in [2.24, 2.45) is 29.6 Å². The molecular weight excluding hydrogens is 305 g/mol. The molecule has 0 spiro atoms. The zero-order chi connectivity index (χ0) is 16.4. The Bertz CT molecular complexity index is 353. The molecule has 0 aromatic carbocycles. The van der Waals surface area contributed by atoms with Crippen LogP contribution >= 0.6 is 0 Å². The highest BCUT2D eigenvalue weighted by atomic mass is 19.2. The van der Waals surface area contributed by atoms with Crippen molar-refractivity contribution in [1.82, 2.24) is 0 Å². The zero-order valence-electron chi connectivity index (χ0n) is 13.9. The van der Waals surface area contributed by atoms with Crippen molar-refractivity contribution in [3.05, 3.63) is 0 Å². The number of halogens is 3. The maximum Gasteiger partial charge on any atom is 0.160 e. The lowest BCUT2D eigenvalue weighted by Crippen LogP contribution is -2.46. The average Bonchev–Trinajstić information content (AvgIpc) is 2.55. The van der Waals surface area contributed by atoms with Crippen LogP contribution in [0.1, 0.15) is 45.4 Å². The molecule has 1 heterocycles. The molecule has 0 amide bonds. The molecule has 0 bridgehead atoms. The third-order valence-corrected chi connectivity index (χ3v) is 6.22. The summed E-state index contributed by atoms with van der Waals surface area (Å²) in [5, 5.41) is 0. The van der Waals surface area contributed by atoms with Crippen LogP contribution in [0, 0.1) is 29.6 Å². The first-order valence-electron chi connectivity index (χ1n) is 9.15. The van der Waals surface area contributed by atoms with Crippen molar-refractivity contribution < 1.29 is 22.6 Å². The van der Waals surface area contributed by atoms with E-state index in [9.17, 15) is 13.2 Å². The summed E-state index contributed by atoms with van der Waals surface area (Å²) in [5.41, 5.74) is 0. The van der Waals surface area contributed by atoms with E-state index < -0.39 is 31.2 Å². The number of hydrogen-bond acceptors (Lipinski definition) is 2. The normalized spacial score (nSPS) is 49.0. The fraction of sp³-hybridized carbons (Fsp3) is 1.00. The highest BCUT2D eigenvalue weighted by Gasteiger charge is 2.43. The molecule has 1 saturated heterocycles. The molecule has 2 saturated carbocycles. The lowest BCUT2D eigenvalue weighted by atomic mass is 9.76. The van der Waals surface area contributed by atoms with Gasteiger partial charge in [-0.1, -0.05) is 19.8 Å². The third-order valence-electron chi connectivity index (χ3n) is 6.22. The van der Waals surface area contributed by atoms with Crippen LogP contribution in [0.3, 0.4) is 0 Å². The Hall–Kier alpha value is -0.290. The summed E-state index contributed by atoms with van der Waals surface area (Å²) in [7, 11) is 0. The van der Waals surface area contributed by atoms with Gasteiger partial charge in [-0.3, -0.25) is 4.39 Å². The van der Waals surface area contributed by atoms with E-state index in [1.807, 2.05) is 0 Å². The Morgan fingerprint density at radius 1 is 0.826 bits per heavy atom. The van der Waals surface area contributed by atoms with E-state index in [4.69, 9.17) is 9.47 Å². The summed E-state index contributed by atoms with van der Waals surface area (Å²) in [6.07, 6.45) is 1.89. The minimum Gasteiger partial charge on any atom is -0.352 e. The van der Waals surface area contributed by atoms with Crippen LogP contribution in [0.5, 0.6) is 0 Å². The van der Waals surface area contributed by atoms with Crippen molar-refractivity contribution in [2.45, 2.75) is 64.1 Å². The largest absolute Gasteiger partial charge is 0.352 e. The fourth-order valence-electron chi connectivity index (χ4n) is 4.50. The van der Waals surface area contributed by atoms with E-state index >= 15 is 0 Å². The second-order valence-corrected chi connectivity index (χ2v) is 7.90. The molecule has 2 aliphatic carbocycles. The summed E-state index contributed by atoms with van der Waals surface area (Å²) in [5.74, 6) is 0.473. The van der Waals surface area contributed by atoms with Gasteiger partial charge in [-0.05, 0) is 37.5 Å². The summed E-state index contributed by atoms with van der Waals surface area (Å²) in [6, 6.07) is 0. The first-order chi connectivity index (χ1) is 11.1. The van der Waals surface area contributed by atoms with E-state index in [2.05, 4.69) is 6.92 Å². The standard InChI is InChI=1S/C18H29F3O2/c1-11-2-4-12(5-3-11)14-9-22-18(23-10-14)13-6-16(20)15(8-19)17(21)7-13/h11-18H,2-10H2,1H3. The lowest BCUT2D eigenvalue weighted by Gasteiger charge is -2.42. The highest BCUT2D eigenvalue weighted by Crippen LogP contribution is 2.40. The second-order valence-electron chi connectivity index (χ2n) is 7.90. The Morgan fingerprint density at radius 2 is 1.39 bits per heavy atom. The molecule has 5 heteroatoms. The minimum atomic E-state index is -1.43. The Balaban J connectivity index is 1.47.